The van der Waals surface area contributed by atoms with Crippen molar-refractivity contribution in [1.29, 1.82) is 0 Å². The van der Waals surface area contributed by atoms with E-state index in [0.29, 0.717) is 29.9 Å². The Bertz CT molecular complexity index is 999. The van der Waals surface area contributed by atoms with Crippen molar-refractivity contribution in [2.45, 2.75) is 52.9 Å². The molecule has 0 saturated carbocycles. The second kappa shape index (κ2) is 10.3. The van der Waals surface area contributed by atoms with Crippen molar-refractivity contribution in [2.24, 2.45) is 0 Å². The predicted molar refractivity (Wildman–Crippen MR) is 116 cm³/mol. The Kier molecular flexibility index (Phi) is 8.36. The summed E-state index contributed by atoms with van der Waals surface area (Å²) in [4.78, 5) is 39.4. The number of nitrogens with one attached hydrogen (secondary N) is 1. The quantitative estimate of drug-likeness (QED) is 0.554. The fraction of sp³-hybridized carbons (Fsp3) is 0.650. The summed E-state index contributed by atoms with van der Waals surface area (Å²) in [5, 5.41) is 3.58. The van der Waals surface area contributed by atoms with E-state index in [-0.39, 0.29) is 36.9 Å². The summed E-state index contributed by atoms with van der Waals surface area (Å²) in [6, 6.07) is 0. The standard InChI is InChI=1S/C20H31N3O6S/c1-13-14(11-21-12-15(24)29-20(2,3)4)30-18-16(13)17(25)22(7-9-27-5)19(26)23(18)8-10-28-6/h21H,7-12H2,1-6H3. The predicted octanol–water partition coefficient (Wildman–Crippen LogP) is 1.26. The number of aromatic nitrogens is 2. The van der Waals surface area contributed by atoms with Gasteiger partial charge in [-0.05, 0) is 33.3 Å². The zero-order valence-corrected chi connectivity index (χ0v) is 19.3. The summed E-state index contributed by atoms with van der Waals surface area (Å²) in [6.45, 7) is 8.87. The monoisotopic (exact) mass is 441 g/mol. The van der Waals surface area contributed by atoms with E-state index in [2.05, 4.69) is 5.32 Å². The topological polar surface area (TPSA) is 101 Å². The van der Waals surface area contributed by atoms with Crippen LogP contribution in [-0.2, 0) is 38.6 Å². The highest BCUT2D eigenvalue weighted by molar-refractivity contribution is 7.18. The maximum absolute atomic E-state index is 13.0. The van der Waals surface area contributed by atoms with Crippen LogP contribution in [0.3, 0.4) is 0 Å². The van der Waals surface area contributed by atoms with Gasteiger partial charge in [-0.15, -0.1) is 11.3 Å². The van der Waals surface area contributed by atoms with Crippen LogP contribution in [0.1, 0.15) is 31.2 Å². The Labute approximate surface area is 179 Å². The molecule has 0 spiro atoms. The van der Waals surface area contributed by atoms with Crippen LogP contribution < -0.4 is 16.6 Å². The molecule has 0 atom stereocenters. The van der Waals surface area contributed by atoms with E-state index < -0.39 is 5.60 Å². The summed E-state index contributed by atoms with van der Waals surface area (Å²) >= 11 is 1.37. The lowest BCUT2D eigenvalue weighted by Crippen LogP contribution is -2.41. The Morgan fingerprint density at radius 2 is 1.67 bits per heavy atom. The van der Waals surface area contributed by atoms with Crippen molar-refractivity contribution >= 4 is 27.5 Å². The summed E-state index contributed by atoms with van der Waals surface area (Å²) in [5.74, 6) is -0.347. The summed E-state index contributed by atoms with van der Waals surface area (Å²) < 4.78 is 18.3. The molecule has 10 heteroatoms. The first kappa shape index (κ1) is 24.3. The third kappa shape index (κ3) is 5.78. The maximum atomic E-state index is 13.0. The highest BCUT2D eigenvalue weighted by Gasteiger charge is 2.20. The van der Waals surface area contributed by atoms with Crippen LogP contribution in [-0.4, -0.2) is 54.7 Å². The van der Waals surface area contributed by atoms with Crippen molar-refractivity contribution < 1.29 is 19.0 Å². The van der Waals surface area contributed by atoms with E-state index in [1.165, 1.54) is 23.0 Å². The number of aryl methyl sites for hydroxylation is 1. The van der Waals surface area contributed by atoms with Crippen molar-refractivity contribution in [3.63, 3.8) is 0 Å². The number of esters is 1. The molecule has 2 aromatic heterocycles. The summed E-state index contributed by atoms with van der Waals surface area (Å²) in [7, 11) is 3.09. The van der Waals surface area contributed by atoms with E-state index in [9.17, 15) is 14.4 Å². The molecule has 0 bridgehead atoms. The minimum absolute atomic E-state index is 0.0551. The van der Waals surface area contributed by atoms with Gasteiger partial charge in [0, 0.05) is 25.6 Å². The Morgan fingerprint density at radius 3 is 2.23 bits per heavy atom. The molecule has 9 nitrogen and oxygen atoms in total. The highest BCUT2D eigenvalue weighted by atomic mass is 32.1. The van der Waals surface area contributed by atoms with Gasteiger partial charge in [-0.2, -0.15) is 0 Å². The third-order valence-corrected chi connectivity index (χ3v) is 5.72. The molecule has 0 fully saturated rings. The number of carbonyl (C=O) groups excluding carboxylic acids is 1. The normalized spacial score (nSPS) is 11.9. The fourth-order valence-corrected chi connectivity index (χ4v) is 4.31. The van der Waals surface area contributed by atoms with Gasteiger partial charge in [0.05, 0.1) is 38.2 Å². The van der Waals surface area contributed by atoms with E-state index >= 15 is 0 Å². The number of ether oxygens (including phenoxy) is 3. The first-order chi connectivity index (χ1) is 14.1. The zero-order valence-electron chi connectivity index (χ0n) is 18.5. The number of nitrogens with zero attached hydrogens (tertiary/aromatic N) is 2. The Hall–Kier alpha value is -2.01. The average molecular weight is 442 g/mol. The zero-order chi connectivity index (χ0) is 22.5. The minimum Gasteiger partial charge on any atom is -0.459 e. The number of carbonyl (C=O) groups is 1. The summed E-state index contributed by atoms with van der Waals surface area (Å²) in [5.41, 5.74) is -0.449. The smallest absolute Gasteiger partial charge is 0.332 e. The Balaban J connectivity index is 2.38. The van der Waals surface area contributed by atoms with Crippen molar-refractivity contribution in [1.82, 2.24) is 14.5 Å². The maximum Gasteiger partial charge on any atom is 0.332 e. The number of thiophene rings is 1. The molecular weight excluding hydrogens is 410 g/mol. The molecule has 0 aliphatic rings. The van der Waals surface area contributed by atoms with Crippen LogP contribution in [0.4, 0.5) is 0 Å². The molecule has 0 aliphatic carbocycles. The van der Waals surface area contributed by atoms with E-state index in [1.807, 2.05) is 27.7 Å². The average Bonchev–Trinajstić information content (AvgIpc) is 2.97. The molecule has 1 N–H and O–H groups in total. The molecule has 0 unspecified atom stereocenters. The molecule has 30 heavy (non-hydrogen) atoms. The molecule has 2 rings (SSSR count). The first-order valence-electron chi connectivity index (χ1n) is 9.76. The van der Waals surface area contributed by atoms with E-state index in [4.69, 9.17) is 14.2 Å². The lowest BCUT2D eigenvalue weighted by atomic mass is 10.2. The third-order valence-electron chi connectivity index (χ3n) is 4.41. The van der Waals surface area contributed by atoms with Gasteiger partial charge < -0.3 is 19.5 Å². The SMILES string of the molecule is COCCn1c(=O)c2c(C)c(CNCC(=O)OC(C)(C)C)sc2n(CCOC)c1=O. The van der Waals surface area contributed by atoms with Gasteiger partial charge in [0.2, 0.25) is 0 Å². The van der Waals surface area contributed by atoms with Crippen LogP contribution in [0.25, 0.3) is 10.2 Å². The molecule has 0 aromatic carbocycles. The van der Waals surface area contributed by atoms with Crippen molar-refractivity contribution in [2.75, 3.05) is 34.0 Å². The number of hydrogen-bond donors (Lipinski definition) is 1. The molecule has 2 aromatic rings. The van der Waals surface area contributed by atoms with Gasteiger partial charge in [-0.25, -0.2) is 4.79 Å². The van der Waals surface area contributed by atoms with Crippen molar-refractivity contribution in [3.05, 3.63) is 31.3 Å². The van der Waals surface area contributed by atoms with Gasteiger partial charge in [-0.1, -0.05) is 0 Å². The lowest BCUT2D eigenvalue weighted by molar-refractivity contribution is -0.153. The number of fused-ring (bicyclic) bond motifs is 1. The van der Waals surface area contributed by atoms with Gasteiger partial charge in [0.1, 0.15) is 10.4 Å². The molecule has 168 valence electrons. The molecule has 0 aliphatic heterocycles. The van der Waals surface area contributed by atoms with E-state index in [1.54, 1.807) is 11.7 Å². The first-order valence-corrected chi connectivity index (χ1v) is 10.6. The minimum atomic E-state index is -0.545. The van der Waals surface area contributed by atoms with Gasteiger partial charge in [0.15, 0.2) is 0 Å². The second-order valence-electron chi connectivity index (χ2n) is 7.90. The second-order valence-corrected chi connectivity index (χ2v) is 8.98. The number of methoxy groups -OCH3 is 2. The van der Waals surface area contributed by atoms with Gasteiger partial charge in [-0.3, -0.25) is 18.7 Å². The fourth-order valence-electron chi connectivity index (χ4n) is 3.02. The summed E-state index contributed by atoms with van der Waals surface area (Å²) in [6.07, 6.45) is 0. The molecule has 0 amide bonds. The van der Waals surface area contributed by atoms with Crippen LogP contribution in [0.2, 0.25) is 0 Å². The number of rotatable bonds is 10. The lowest BCUT2D eigenvalue weighted by Gasteiger charge is -2.19. The van der Waals surface area contributed by atoms with Gasteiger partial charge in [0.25, 0.3) is 5.56 Å². The van der Waals surface area contributed by atoms with Crippen LogP contribution in [0.5, 0.6) is 0 Å². The molecule has 0 saturated heterocycles. The highest BCUT2D eigenvalue weighted by Crippen LogP contribution is 2.27. The largest absolute Gasteiger partial charge is 0.459 e. The van der Waals surface area contributed by atoms with Crippen LogP contribution >= 0.6 is 11.3 Å². The Morgan fingerprint density at radius 1 is 1.07 bits per heavy atom. The van der Waals surface area contributed by atoms with Gasteiger partial charge >= 0.3 is 11.7 Å². The molecular formula is C20H31N3O6S. The van der Waals surface area contributed by atoms with E-state index in [0.717, 1.165) is 10.4 Å². The molecule has 0 radical (unpaired) electrons. The van der Waals surface area contributed by atoms with Crippen LogP contribution in [0.15, 0.2) is 9.59 Å². The van der Waals surface area contributed by atoms with Crippen LogP contribution in [0, 0.1) is 6.92 Å². The molecule has 2 heterocycles. The number of hydrogen-bond acceptors (Lipinski definition) is 8. The van der Waals surface area contributed by atoms with Crippen molar-refractivity contribution in [3.8, 4) is 0 Å².